The van der Waals surface area contributed by atoms with E-state index in [9.17, 15) is 0 Å². The van der Waals surface area contributed by atoms with E-state index in [1.165, 1.54) is 0 Å². The molecule has 2 rings (SSSR count). The van der Waals surface area contributed by atoms with E-state index in [2.05, 4.69) is 23.7 Å². The maximum atomic E-state index is 5.67. The molecule has 1 aliphatic heterocycles. The van der Waals surface area contributed by atoms with Gasteiger partial charge in [-0.15, -0.1) is 0 Å². The molecule has 0 aliphatic carbocycles. The summed E-state index contributed by atoms with van der Waals surface area (Å²) in [5.74, 6) is 0.978. The van der Waals surface area contributed by atoms with Gasteiger partial charge in [-0.25, -0.2) is 4.98 Å². The van der Waals surface area contributed by atoms with Crippen molar-refractivity contribution in [1.82, 2.24) is 4.98 Å². The topological polar surface area (TPSA) is 51.4 Å². The fourth-order valence-electron chi connectivity index (χ4n) is 1.95. The van der Waals surface area contributed by atoms with E-state index in [4.69, 9.17) is 10.5 Å². The molecule has 0 amide bonds. The van der Waals surface area contributed by atoms with Crippen molar-refractivity contribution in [2.24, 2.45) is 0 Å². The molecule has 1 aromatic rings. The summed E-state index contributed by atoms with van der Waals surface area (Å²) >= 11 is 0. The Morgan fingerprint density at radius 2 is 1.82 bits per heavy atom. The molecule has 2 N–H and O–H groups in total. The van der Waals surface area contributed by atoms with Gasteiger partial charge in [0.25, 0.3) is 0 Å². The first kappa shape index (κ1) is 13.8. The molecular formula is C13H23N3O. The van der Waals surface area contributed by atoms with Gasteiger partial charge in [-0.2, -0.15) is 0 Å². The lowest BCUT2D eigenvalue weighted by atomic mass is 10.2. The van der Waals surface area contributed by atoms with Crippen LogP contribution in [0.1, 0.15) is 27.7 Å². The minimum Gasteiger partial charge on any atom is -0.397 e. The van der Waals surface area contributed by atoms with E-state index in [0.29, 0.717) is 5.69 Å². The third kappa shape index (κ3) is 3.89. The molecule has 1 aliphatic rings. The largest absolute Gasteiger partial charge is 0.397 e. The molecule has 0 saturated carbocycles. The summed E-state index contributed by atoms with van der Waals surface area (Å²) in [6.45, 7) is 9.95. The highest BCUT2D eigenvalue weighted by molar-refractivity contribution is 5.46. The van der Waals surface area contributed by atoms with Gasteiger partial charge >= 0.3 is 0 Å². The van der Waals surface area contributed by atoms with E-state index in [-0.39, 0.29) is 12.2 Å². The van der Waals surface area contributed by atoms with Gasteiger partial charge in [-0.05, 0) is 26.0 Å². The minimum absolute atomic E-state index is 0.258. The first-order chi connectivity index (χ1) is 8.15. The number of nitrogens with two attached hydrogens (primary N) is 1. The van der Waals surface area contributed by atoms with Crippen LogP contribution in [0, 0.1) is 0 Å². The number of hydrogen-bond donors (Lipinski definition) is 1. The first-order valence-corrected chi connectivity index (χ1v) is 6.27. The Morgan fingerprint density at radius 3 is 2.29 bits per heavy atom. The first-order valence-electron chi connectivity index (χ1n) is 6.27. The van der Waals surface area contributed by atoms with E-state index < -0.39 is 0 Å². The zero-order valence-electron chi connectivity index (χ0n) is 11.2. The van der Waals surface area contributed by atoms with Crippen LogP contribution in [0.3, 0.4) is 0 Å². The molecule has 0 bridgehead atoms. The number of nitrogens with zero attached hydrogens (tertiary/aromatic N) is 2. The fourth-order valence-corrected chi connectivity index (χ4v) is 1.95. The van der Waals surface area contributed by atoms with Crippen LogP contribution in [0.4, 0.5) is 11.5 Å². The second kappa shape index (κ2) is 6.45. The van der Waals surface area contributed by atoms with Crippen LogP contribution in [-0.2, 0) is 4.74 Å². The highest BCUT2D eigenvalue weighted by atomic mass is 16.5. The fraction of sp³-hybridized carbons (Fsp3) is 0.615. The van der Waals surface area contributed by atoms with Gasteiger partial charge in [0.15, 0.2) is 0 Å². The predicted molar refractivity (Wildman–Crippen MR) is 72.2 cm³/mol. The van der Waals surface area contributed by atoms with Gasteiger partial charge in [-0.1, -0.05) is 13.8 Å². The van der Waals surface area contributed by atoms with Crippen LogP contribution in [0.2, 0.25) is 0 Å². The number of hydrogen-bond acceptors (Lipinski definition) is 4. The van der Waals surface area contributed by atoms with Gasteiger partial charge in [0, 0.05) is 13.1 Å². The van der Waals surface area contributed by atoms with Gasteiger partial charge in [0.1, 0.15) is 5.82 Å². The maximum absolute atomic E-state index is 5.67. The summed E-state index contributed by atoms with van der Waals surface area (Å²) in [7, 11) is 0. The third-order valence-electron chi connectivity index (χ3n) is 2.51. The van der Waals surface area contributed by atoms with Crippen molar-refractivity contribution >= 4 is 11.5 Å². The van der Waals surface area contributed by atoms with Gasteiger partial charge in [0.2, 0.25) is 0 Å². The Bertz CT molecular complexity index is 316. The highest BCUT2D eigenvalue weighted by Crippen LogP contribution is 2.18. The van der Waals surface area contributed by atoms with Gasteiger partial charge in [-0.3, -0.25) is 0 Å². The molecule has 2 atom stereocenters. The minimum atomic E-state index is 0.258. The molecule has 1 saturated heterocycles. The van der Waals surface area contributed by atoms with Crippen molar-refractivity contribution in [3.8, 4) is 0 Å². The van der Waals surface area contributed by atoms with Crippen LogP contribution in [-0.4, -0.2) is 30.3 Å². The van der Waals surface area contributed by atoms with E-state index in [1.54, 1.807) is 6.20 Å². The van der Waals surface area contributed by atoms with E-state index >= 15 is 0 Å². The average Bonchev–Trinajstić information content (AvgIpc) is 2.31. The molecular weight excluding hydrogens is 214 g/mol. The third-order valence-corrected chi connectivity index (χ3v) is 2.51. The number of morpholine rings is 1. The lowest BCUT2D eigenvalue weighted by Crippen LogP contribution is -2.45. The zero-order chi connectivity index (χ0) is 12.8. The van der Waals surface area contributed by atoms with Crippen LogP contribution in [0.25, 0.3) is 0 Å². The lowest BCUT2D eigenvalue weighted by Gasteiger charge is -2.36. The summed E-state index contributed by atoms with van der Waals surface area (Å²) < 4.78 is 5.67. The molecule has 0 spiro atoms. The quantitative estimate of drug-likeness (QED) is 0.814. The van der Waals surface area contributed by atoms with Crippen molar-refractivity contribution in [2.75, 3.05) is 23.7 Å². The number of anilines is 2. The number of rotatable bonds is 1. The molecule has 96 valence electrons. The summed E-state index contributed by atoms with van der Waals surface area (Å²) in [4.78, 5) is 6.55. The van der Waals surface area contributed by atoms with Crippen molar-refractivity contribution in [1.29, 1.82) is 0 Å². The monoisotopic (exact) mass is 237 g/mol. The Balaban J connectivity index is 0.000000686. The summed E-state index contributed by atoms with van der Waals surface area (Å²) in [6, 6.07) is 3.84. The summed E-state index contributed by atoms with van der Waals surface area (Å²) in [6.07, 6.45) is 2.21. The van der Waals surface area contributed by atoms with E-state index in [0.717, 1.165) is 18.9 Å². The average molecular weight is 237 g/mol. The molecule has 4 nitrogen and oxygen atoms in total. The van der Waals surface area contributed by atoms with Crippen LogP contribution >= 0.6 is 0 Å². The Morgan fingerprint density at radius 1 is 1.24 bits per heavy atom. The Kier molecular flexibility index (Phi) is 5.22. The number of aromatic nitrogens is 1. The molecule has 0 aromatic carbocycles. The van der Waals surface area contributed by atoms with E-state index in [1.807, 2.05) is 26.0 Å². The van der Waals surface area contributed by atoms with Crippen LogP contribution < -0.4 is 10.6 Å². The maximum Gasteiger partial charge on any atom is 0.128 e. The zero-order valence-corrected chi connectivity index (χ0v) is 11.2. The van der Waals surface area contributed by atoms with Crippen molar-refractivity contribution < 1.29 is 4.74 Å². The number of pyridine rings is 1. The molecule has 2 unspecified atom stereocenters. The van der Waals surface area contributed by atoms with Gasteiger partial charge < -0.3 is 15.4 Å². The molecule has 1 aromatic heterocycles. The lowest BCUT2D eigenvalue weighted by molar-refractivity contribution is -0.00545. The Labute approximate surface area is 104 Å². The standard InChI is InChI=1S/C11H17N3O.C2H6/c1-8-6-14(7-9(2)15-8)11-4-3-10(12)5-13-11;1-2/h3-5,8-9H,6-7,12H2,1-2H3;1-2H3. The predicted octanol–water partition coefficient (Wildman–Crippen LogP) is 2.30. The van der Waals surface area contributed by atoms with Crippen LogP contribution in [0.5, 0.6) is 0 Å². The number of ether oxygens (including phenoxy) is 1. The second-order valence-corrected chi connectivity index (χ2v) is 4.11. The Hall–Kier alpha value is -1.29. The molecule has 2 heterocycles. The highest BCUT2D eigenvalue weighted by Gasteiger charge is 2.22. The second-order valence-electron chi connectivity index (χ2n) is 4.11. The van der Waals surface area contributed by atoms with Crippen molar-refractivity contribution in [2.45, 2.75) is 39.9 Å². The normalized spacial score (nSPS) is 23.9. The smallest absolute Gasteiger partial charge is 0.128 e. The van der Waals surface area contributed by atoms with Gasteiger partial charge in [0.05, 0.1) is 24.1 Å². The summed E-state index contributed by atoms with van der Waals surface area (Å²) in [5, 5.41) is 0. The molecule has 1 fully saturated rings. The van der Waals surface area contributed by atoms with Crippen molar-refractivity contribution in [3.05, 3.63) is 18.3 Å². The number of nitrogen functional groups attached to an aromatic ring is 1. The molecule has 17 heavy (non-hydrogen) atoms. The van der Waals surface area contributed by atoms with Crippen molar-refractivity contribution in [3.63, 3.8) is 0 Å². The SMILES string of the molecule is CC.CC1CN(c2ccc(N)cn2)CC(C)O1. The molecule has 4 heteroatoms. The summed E-state index contributed by atoms with van der Waals surface area (Å²) in [5.41, 5.74) is 6.31. The van der Waals surface area contributed by atoms with Crippen LogP contribution in [0.15, 0.2) is 18.3 Å². The molecule has 0 radical (unpaired) electrons.